The van der Waals surface area contributed by atoms with E-state index in [1.165, 1.54) is 29.5 Å². The lowest BCUT2D eigenvalue weighted by Gasteiger charge is -2.62. The largest absolute Gasteiger partial charge is 0.487 e. The smallest absolute Gasteiger partial charge is 0.333 e. The predicted molar refractivity (Wildman–Crippen MR) is 239 cm³/mol. The molecule has 0 saturated heterocycles. The zero-order valence-corrected chi connectivity index (χ0v) is 38.8. The maximum absolute atomic E-state index is 15.0. The van der Waals surface area contributed by atoms with E-state index in [4.69, 9.17) is 24.7 Å². The molecule has 10 heteroatoms. The highest BCUT2D eigenvalue weighted by atomic mass is 79.9. The Labute approximate surface area is 370 Å². The molecule has 328 valence electrons. The lowest BCUT2D eigenvalue weighted by molar-refractivity contribution is -0.174. The average molecular weight is 898 g/mol. The van der Waals surface area contributed by atoms with Gasteiger partial charge in [-0.15, -0.1) is 0 Å². The van der Waals surface area contributed by atoms with Gasteiger partial charge in [0, 0.05) is 70.4 Å². The monoisotopic (exact) mass is 896 g/mol. The molecule has 0 radical (unpaired) electrons. The lowest BCUT2D eigenvalue weighted by atomic mass is 9.51. The number of hydrogen-bond acceptors (Lipinski definition) is 9. The molecule has 0 aromatic rings. The van der Waals surface area contributed by atoms with E-state index in [1.807, 2.05) is 19.1 Å². The lowest BCUT2D eigenvalue weighted by Crippen LogP contribution is -2.63. The number of ketones is 1. The van der Waals surface area contributed by atoms with E-state index in [9.17, 15) is 14.7 Å². The van der Waals surface area contributed by atoms with Crippen LogP contribution < -0.4 is 5.73 Å². The van der Waals surface area contributed by atoms with Gasteiger partial charge in [-0.1, -0.05) is 63.5 Å². The fraction of sp³-hybridized carbons (Fsp3) is 0.608. The highest BCUT2D eigenvalue weighted by Gasteiger charge is 2.67. The minimum Gasteiger partial charge on any atom is -0.487 e. The van der Waals surface area contributed by atoms with Gasteiger partial charge < -0.3 is 34.7 Å². The number of nitrogens with two attached hydrogens (primary N) is 1. The van der Waals surface area contributed by atoms with Crippen LogP contribution in [0.2, 0.25) is 0 Å². The summed E-state index contributed by atoms with van der Waals surface area (Å²) in [5.74, 6) is 0.248. The van der Waals surface area contributed by atoms with Crippen LogP contribution in [0.15, 0.2) is 104 Å². The van der Waals surface area contributed by atoms with Gasteiger partial charge in [0.05, 0.1) is 36.9 Å². The first-order chi connectivity index (χ1) is 29.1. The maximum Gasteiger partial charge on any atom is 0.333 e. The van der Waals surface area contributed by atoms with E-state index in [2.05, 4.69) is 85.8 Å². The first kappa shape index (κ1) is 43.0. The van der Waals surface area contributed by atoms with Crippen molar-refractivity contribution in [2.45, 2.75) is 123 Å². The molecule has 3 saturated carbocycles. The third-order valence-electron chi connectivity index (χ3n) is 15.9. The molecule has 3 heterocycles. The third kappa shape index (κ3) is 6.74. The van der Waals surface area contributed by atoms with E-state index in [-0.39, 0.29) is 65.3 Å². The molecule has 61 heavy (non-hydrogen) atoms. The fourth-order valence-electron chi connectivity index (χ4n) is 13.7. The zero-order valence-electron chi connectivity index (χ0n) is 37.3. The van der Waals surface area contributed by atoms with Crippen LogP contribution in [-0.4, -0.2) is 77.0 Å². The number of methoxy groups -OCH3 is 1. The molecule has 0 amide bonds. The Bertz CT molecular complexity index is 2180. The molecule has 0 aromatic heterocycles. The van der Waals surface area contributed by atoms with Gasteiger partial charge in [-0.2, -0.15) is 0 Å². The second kappa shape index (κ2) is 16.1. The maximum atomic E-state index is 15.0. The molecule has 9 nitrogen and oxygen atoms in total. The molecule has 3 fully saturated rings. The first-order valence-corrected chi connectivity index (χ1v) is 23.9. The summed E-state index contributed by atoms with van der Waals surface area (Å²) in [5, 5.41) is 12.8. The summed E-state index contributed by atoms with van der Waals surface area (Å²) in [6, 6.07) is 0. The van der Waals surface area contributed by atoms with Crippen LogP contribution in [0.25, 0.3) is 0 Å². The number of allylic oxidation sites excluding steroid dienone is 9. The molecule has 13 atom stereocenters. The Morgan fingerprint density at radius 2 is 1.87 bits per heavy atom. The summed E-state index contributed by atoms with van der Waals surface area (Å²) in [6.45, 7) is 15.4. The van der Waals surface area contributed by atoms with Crippen LogP contribution in [-0.2, 0) is 28.5 Å². The molecule has 13 unspecified atom stereocenters. The summed E-state index contributed by atoms with van der Waals surface area (Å²) in [6.07, 6.45) is 19.8. The number of ether oxygens (including phenoxy) is 4. The van der Waals surface area contributed by atoms with E-state index in [1.54, 1.807) is 6.92 Å². The second-order valence-electron chi connectivity index (χ2n) is 20.1. The number of carbonyl (C=O) groups is 2. The van der Waals surface area contributed by atoms with Crippen molar-refractivity contribution in [1.29, 1.82) is 0 Å². The van der Waals surface area contributed by atoms with Gasteiger partial charge in [0.1, 0.15) is 16.9 Å². The highest BCUT2D eigenvalue weighted by molar-refractivity contribution is 9.09. The van der Waals surface area contributed by atoms with Crippen molar-refractivity contribution in [3.8, 4) is 0 Å². The minimum atomic E-state index is -1.24. The number of rotatable bonds is 10. The Morgan fingerprint density at radius 3 is 2.57 bits per heavy atom. The predicted octanol–water partition coefficient (Wildman–Crippen LogP) is 8.84. The van der Waals surface area contributed by atoms with Crippen molar-refractivity contribution in [1.82, 2.24) is 4.90 Å². The number of fused-ring (bicyclic) bond motifs is 11. The third-order valence-corrected chi connectivity index (χ3v) is 16.2. The van der Waals surface area contributed by atoms with E-state index in [0.29, 0.717) is 30.6 Å². The second-order valence-corrected chi connectivity index (χ2v) is 20.6. The van der Waals surface area contributed by atoms with E-state index < -0.39 is 23.3 Å². The number of hydrogen-bond donors (Lipinski definition) is 2. The van der Waals surface area contributed by atoms with Crippen LogP contribution in [0.3, 0.4) is 0 Å². The molecule has 0 spiro atoms. The van der Waals surface area contributed by atoms with Gasteiger partial charge in [0.2, 0.25) is 0 Å². The van der Waals surface area contributed by atoms with E-state index >= 15 is 0 Å². The first-order valence-electron chi connectivity index (χ1n) is 22.8. The van der Waals surface area contributed by atoms with Gasteiger partial charge in [-0.3, -0.25) is 4.79 Å². The molecule has 9 aliphatic rings. The van der Waals surface area contributed by atoms with E-state index in [0.717, 1.165) is 72.3 Å². The van der Waals surface area contributed by atoms with Crippen LogP contribution in [0.4, 0.5) is 0 Å². The topological polar surface area (TPSA) is 121 Å². The number of nitrogens with zero attached hydrogens (tertiary/aromatic N) is 1. The average Bonchev–Trinajstić information content (AvgIpc) is 3.67. The number of alkyl halides is 1. The Hall–Kier alpha value is -3.28. The number of halogens is 1. The van der Waals surface area contributed by atoms with Crippen molar-refractivity contribution >= 4 is 27.7 Å². The quantitative estimate of drug-likeness (QED) is 0.0960. The van der Waals surface area contributed by atoms with Gasteiger partial charge in [0.15, 0.2) is 5.78 Å². The number of carbonyl (C=O) groups excluding carboxylic acids is 2. The SMILES string of the molecule is COC(=O)C(C)=C1CC2CC3CC(C4OC5C(CC=C(C)C)C6=C(C=CC(C)(CCC=C(C)C)O6)C(OCBr)C5C5=C4C3C3=C(C4CC=CC=C4C3=O)N5CCN)C2C1(C)O. The summed E-state index contributed by atoms with van der Waals surface area (Å²) in [7, 11) is 1.40. The Morgan fingerprint density at radius 1 is 1.10 bits per heavy atom. The fourth-order valence-corrected chi connectivity index (χ4v) is 14.0. The Kier molecular flexibility index (Phi) is 11.3. The van der Waals surface area contributed by atoms with Crippen LogP contribution in [0, 0.1) is 47.3 Å². The summed E-state index contributed by atoms with van der Waals surface area (Å²) >= 11 is 3.70. The van der Waals surface area contributed by atoms with Gasteiger partial charge in [-0.25, -0.2) is 4.79 Å². The number of esters is 1. The highest BCUT2D eigenvalue weighted by Crippen LogP contribution is 2.68. The standard InChI is InChI=1S/C51H65BrN2O7/c1-26(2)12-11-18-50(6)19-17-34-45(61-50)33(16-15-27(3)4)47-40(46(34)59-25-52)43-39-37(38-42(54(43)21-20-53)31-13-9-10-14-32(31)44(38)55)29-22-30-24-36(28(5)49(56)58-8)51(7,57)41(30)35(23-29)48(39)60-47/h9-10,12,14-15,17,19,29-31,33,35,37,40-41,46-48,57H,11,13,16,18,20-25,53H2,1-8H3. The van der Waals surface area contributed by atoms with Gasteiger partial charge in [0.25, 0.3) is 0 Å². The normalized spacial score (nSPS) is 39.7. The van der Waals surface area contributed by atoms with Crippen molar-refractivity contribution in [3.05, 3.63) is 104 Å². The van der Waals surface area contributed by atoms with Crippen molar-refractivity contribution < 1.29 is 33.6 Å². The zero-order chi connectivity index (χ0) is 43.3. The van der Waals surface area contributed by atoms with Crippen LogP contribution in [0.5, 0.6) is 0 Å². The van der Waals surface area contributed by atoms with Crippen molar-refractivity contribution in [3.63, 3.8) is 0 Å². The molecule has 9 rings (SSSR count). The summed E-state index contributed by atoms with van der Waals surface area (Å²) < 4.78 is 27.3. The minimum absolute atomic E-state index is 0.0406. The molecule has 6 aliphatic carbocycles. The Balaban J connectivity index is 1.26. The van der Waals surface area contributed by atoms with Crippen molar-refractivity contribution in [2.75, 3.05) is 25.7 Å². The molecular weight excluding hydrogens is 832 g/mol. The summed E-state index contributed by atoms with van der Waals surface area (Å²) in [5.41, 5.74) is 15.3. The van der Waals surface area contributed by atoms with Gasteiger partial charge in [-0.05, 0) is 128 Å². The molecule has 2 bridgehead atoms. The molecule has 3 N–H and O–H groups in total. The molecule has 0 aromatic carbocycles. The van der Waals surface area contributed by atoms with Crippen LogP contribution >= 0.6 is 15.9 Å². The molecule has 3 aliphatic heterocycles. The van der Waals surface area contributed by atoms with Gasteiger partial charge >= 0.3 is 5.97 Å². The van der Waals surface area contributed by atoms with Crippen molar-refractivity contribution in [2.24, 2.45) is 53.1 Å². The van der Waals surface area contributed by atoms with Crippen LogP contribution in [0.1, 0.15) is 93.4 Å². The summed E-state index contributed by atoms with van der Waals surface area (Å²) in [4.78, 5) is 30.5. The number of aliphatic hydroxyl groups is 1. The number of Topliss-reactive ketones (excluding diaryl/α,β-unsaturated/α-hetero) is 1. The molecular formula is C51H65BrN2O7.